The average molecular weight is 289 g/mol. The molecule has 0 spiro atoms. The van der Waals surface area contributed by atoms with E-state index in [2.05, 4.69) is 0 Å². The van der Waals surface area contributed by atoms with Crippen molar-refractivity contribution in [2.24, 2.45) is 0 Å². The van der Waals surface area contributed by atoms with Crippen molar-refractivity contribution in [1.29, 1.82) is 0 Å². The number of sulfonamides is 1. The summed E-state index contributed by atoms with van der Waals surface area (Å²) in [5, 5.41) is 2.04. The lowest BCUT2D eigenvalue weighted by molar-refractivity contribution is 0.268. The quantitative estimate of drug-likeness (QED) is 0.849. The first-order chi connectivity index (χ1) is 9.59. The van der Waals surface area contributed by atoms with E-state index in [0.29, 0.717) is 11.4 Å². The highest BCUT2D eigenvalue weighted by Crippen LogP contribution is 2.27. The number of hydrogen-bond acceptors (Lipinski definition) is 2. The standard InChI is InChI=1S/C16H19NO2S/c1-13-6-4-5-11-17(13)20(18,19)16-10-9-14-7-2-3-8-15(14)12-16/h2-3,7-10,12-13H,4-6,11H2,1H3/t13-/m0/s1. The van der Waals surface area contributed by atoms with Crippen LogP contribution in [0.25, 0.3) is 10.8 Å². The number of benzene rings is 2. The lowest BCUT2D eigenvalue weighted by Gasteiger charge is -2.32. The molecule has 0 unspecified atom stereocenters. The lowest BCUT2D eigenvalue weighted by Crippen LogP contribution is -2.41. The molecule has 1 heterocycles. The minimum atomic E-state index is -3.37. The summed E-state index contributed by atoms with van der Waals surface area (Å²) in [5.74, 6) is 0. The van der Waals surface area contributed by atoms with E-state index < -0.39 is 10.0 Å². The van der Waals surface area contributed by atoms with Crippen LogP contribution < -0.4 is 0 Å². The zero-order valence-electron chi connectivity index (χ0n) is 11.6. The van der Waals surface area contributed by atoms with Crippen molar-refractivity contribution in [3.8, 4) is 0 Å². The van der Waals surface area contributed by atoms with E-state index in [1.165, 1.54) is 0 Å². The van der Waals surface area contributed by atoms with Crippen LogP contribution in [0.2, 0.25) is 0 Å². The summed E-state index contributed by atoms with van der Waals surface area (Å²) in [7, 11) is -3.37. The summed E-state index contributed by atoms with van der Waals surface area (Å²) >= 11 is 0. The minimum absolute atomic E-state index is 0.0974. The molecule has 1 saturated heterocycles. The largest absolute Gasteiger partial charge is 0.243 e. The summed E-state index contributed by atoms with van der Waals surface area (Å²) in [6.07, 6.45) is 3.02. The van der Waals surface area contributed by atoms with Crippen LogP contribution in [0, 0.1) is 0 Å². The van der Waals surface area contributed by atoms with E-state index in [1.54, 1.807) is 16.4 Å². The zero-order valence-corrected chi connectivity index (χ0v) is 12.4. The Morgan fingerprint density at radius 2 is 1.80 bits per heavy atom. The molecular formula is C16H19NO2S. The third-order valence-electron chi connectivity index (χ3n) is 4.07. The van der Waals surface area contributed by atoms with Crippen LogP contribution in [-0.4, -0.2) is 25.3 Å². The Balaban J connectivity index is 2.04. The van der Waals surface area contributed by atoms with Gasteiger partial charge < -0.3 is 0 Å². The Morgan fingerprint density at radius 3 is 2.55 bits per heavy atom. The van der Waals surface area contributed by atoms with E-state index in [1.807, 2.05) is 37.3 Å². The third kappa shape index (κ3) is 2.34. The van der Waals surface area contributed by atoms with Gasteiger partial charge in [0.05, 0.1) is 4.90 Å². The maximum absolute atomic E-state index is 12.8. The number of rotatable bonds is 2. The number of nitrogens with zero attached hydrogens (tertiary/aromatic N) is 1. The second kappa shape index (κ2) is 5.19. The van der Waals surface area contributed by atoms with Gasteiger partial charge in [0.15, 0.2) is 0 Å². The van der Waals surface area contributed by atoms with Crippen molar-refractivity contribution in [3.63, 3.8) is 0 Å². The van der Waals surface area contributed by atoms with Gasteiger partial charge in [-0.3, -0.25) is 0 Å². The molecule has 106 valence electrons. The van der Waals surface area contributed by atoms with Gasteiger partial charge in [-0.15, -0.1) is 0 Å². The summed E-state index contributed by atoms with van der Waals surface area (Å²) in [6, 6.07) is 13.3. The van der Waals surface area contributed by atoms with Gasteiger partial charge in [-0.2, -0.15) is 4.31 Å². The monoisotopic (exact) mass is 289 g/mol. The van der Waals surface area contributed by atoms with E-state index >= 15 is 0 Å². The maximum Gasteiger partial charge on any atom is 0.243 e. The second-order valence-electron chi connectivity index (χ2n) is 5.47. The van der Waals surface area contributed by atoms with Crippen LogP contribution in [0.15, 0.2) is 47.4 Å². The van der Waals surface area contributed by atoms with E-state index in [4.69, 9.17) is 0 Å². The summed E-state index contributed by atoms with van der Waals surface area (Å²) < 4.78 is 27.2. The summed E-state index contributed by atoms with van der Waals surface area (Å²) in [5.41, 5.74) is 0. The molecule has 0 radical (unpaired) electrons. The minimum Gasteiger partial charge on any atom is -0.207 e. The molecule has 3 nitrogen and oxygen atoms in total. The predicted molar refractivity (Wildman–Crippen MR) is 81.2 cm³/mol. The molecule has 1 fully saturated rings. The number of piperidine rings is 1. The van der Waals surface area contributed by atoms with E-state index in [-0.39, 0.29) is 6.04 Å². The van der Waals surface area contributed by atoms with Gasteiger partial charge in [-0.1, -0.05) is 36.8 Å². The molecule has 3 rings (SSSR count). The molecule has 0 saturated carbocycles. The molecule has 2 aromatic rings. The van der Waals surface area contributed by atoms with Gasteiger partial charge in [0, 0.05) is 12.6 Å². The third-order valence-corrected chi connectivity index (χ3v) is 6.08. The summed E-state index contributed by atoms with van der Waals surface area (Å²) in [4.78, 5) is 0.407. The van der Waals surface area contributed by atoms with Gasteiger partial charge in [-0.05, 0) is 42.7 Å². The molecule has 0 aliphatic carbocycles. The Labute approximate surface area is 120 Å². The Kier molecular flexibility index (Phi) is 3.52. The Hall–Kier alpha value is -1.39. The highest BCUT2D eigenvalue weighted by atomic mass is 32.2. The molecule has 0 bridgehead atoms. The molecule has 0 amide bonds. The highest BCUT2D eigenvalue weighted by Gasteiger charge is 2.30. The van der Waals surface area contributed by atoms with Crippen molar-refractivity contribution < 1.29 is 8.42 Å². The number of hydrogen-bond donors (Lipinski definition) is 0. The van der Waals surface area contributed by atoms with Gasteiger partial charge >= 0.3 is 0 Å². The highest BCUT2D eigenvalue weighted by molar-refractivity contribution is 7.89. The summed E-state index contributed by atoms with van der Waals surface area (Å²) in [6.45, 7) is 2.63. The molecule has 4 heteroatoms. The number of fused-ring (bicyclic) bond motifs is 1. The van der Waals surface area contributed by atoms with Gasteiger partial charge in [0.2, 0.25) is 10.0 Å². The fourth-order valence-electron chi connectivity index (χ4n) is 2.89. The smallest absolute Gasteiger partial charge is 0.207 e. The first kappa shape index (κ1) is 13.6. The molecule has 0 N–H and O–H groups in total. The fourth-order valence-corrected chi connectivity index (χ4v) is 4.63. The topological polar surface area (TPSA) is 37.4 Å². The Bertz CT molecular complexity index is 724. The average Bonchev–Trinajstić information content (AvgIpc) is 2.47. The predicted octanol–water partition coefficient (Wildman–Crippen LogP) is 3.40. The van der Waals surface area contributed by atoms with E-state index in [0.717, 1.165) is 30.0 Å². The van der Waals surface area contributed by atoms with Gasteiger partial charge in [0.25, 0.3) is 0 Å². The molecular weight excluding hydrogens is 270 g/mol. The maximum atomic E-state index is 12.8. The first-order valence-electron chi connectivity index (χ1n) is 7.10. The molecule has 1 aliphatic rings. The molecule has 1 aliphatic heterocycles. The fraction of sp³-hybridized carbons (Fsp3) is 0.375. The van der Waals surface area contributed by atoms with Crippen LogP contribution in [0.4, 0.5) is 0 Å². The Morgan fingerprint density at radius 1 is 1.05 bits per heavy atom. The van der Waals surface area contributed by atoms with E-state index in [9.17, 15) is 8.42 Å². The van der Waals surface area contributed by atoms with Crippen molar-refractivity contribution in [1.82, 2.24) is 4.31 Å². The second-order valence-corrected chi connectivity index (χ2v) is 7.36. The molecule has 20 heavy (non-hydrogen) atoms. The molecule has 2 aromatic carbocycles. The van der Waals surface area contributed by atoms with Crippen LogP contribution in [0.3, 0.4) is 0 Å². The van der Waals surface area contributed by atoms with Crippen LogP contribution in [-0.2, 0) is 10.0 Å². The van der Waals surface area contributed by atoms with Gasteiger partial charge in [-0.25, -0.2) is 8.42 Å². The van der Waals surface area contributed by atoms with Crippen molar-refractivity contribution in [3.05, 3.63) is 42.5 Å². The SMILES string of the molecule is C[C@H]1CCCCN1S(=O)(=O)c1ccc2ccccc2c1. The lowest BCUT2D eigenvalue weighted by atomic mass is 10.1. The molecule has 1 atom stereocenters. The van der Waals surface area contributed by atoms with Crippen molar-refractivity contribution in [2.75, 3.05) is 6.54 Å². The van der Waals surface area contributed by atoms with Crippen molar-refractivity contribution in [2.45, 2.75) is 37.1 Å². The van der Waals surface area contributed by atoms with Crippen molar-refractivity contribution >= 4 is 20.8 Å². The van der Waals surface area contributed by atoms with Gasteiger partial charge in [0.1, 0.15) is 0 Å². The normalized spacial score (nSPS) is 21.1. The van der Waals surface area contributed by atoms with Crippen LogP contribution >= 0.6 is 0 Å². The van der Waals surface area contributed by atoms with Crippen LogP contribution in [0.1, 0.15) is 26.2 Å². The first-order valence-corrected chi connectivity index (χ1v) is 8.54. The molecule has 0 aromatic heterocycles. The zero-order chi connectivity index (χ0) is 14.2. The van der Waals surface area contributed by atoms with Crippen LogP contribution in [0.5, 0.6) is 0 Å².